The molecular formula is C7H14N2O. The summed E-state index contributed by atoms with van der Waals surface area (Å²) in [5, 5.41) is 3.09. The van der Waals surface area contributed by atoms with E-state index in [1.165, 1.54) is 0 Å². The molecule has 0 saturated carbocycles. The topological polar surface area (TPSA) is 24.5 Å². The molecule has 0 spiro atoms. The van der Waals surface area contributed by atoms with Crippen LogP contribution in [0.2, 0.25) is 0 Å². The zero-order valence-corrected chi connectivity index (χ0v) is 6.34. The van der Waals surface area contributed by atoms with Crippen LogP contribution >= 0.6 is 0 Å². The molecule has 0 aliphatic carbocycles. The molecule has 0 unspecified atom stereocenters. The van der Waals surface area contributed by atoms with Crippen molar-refractivity contribution in [3.05, 3.63) is 12.4 Å². The van der Waals surface area contributed by atoms with Crippen molar-refractivity contribution < 1.29 is 4.74 Å². The van der Waals surface area contributed by atoms with Gasteiger partial charge in [0.25, 0.3) is 0 Å². The van der Waals surface area contributed by atoms with Crippen molar-refractivity contribution in [1.82, 2.24) is 10.2 Å². The minimum Gasteiger partial charge on any atom is -0.380 e. The first-order valence-electron chi connectivity index (χ1n) is 3.65. The third-order valence-corrected chi connectivity index (χ3v) is 1.42. The molecule has 0 saturated heterocycles. The van der Waals surface area contributed by atoms with Crippen LogP contribution in [0.4, 0.5) is 0 Å². The second-order valence-corrected chi connectivity index (χ2v) is 2.19. The molecule has 1 aliphatic rings. The largest absolute Gasteiger partial charge is 0.380 e. The Balaban J connectivity index is 1.97. The predicted octanol–water partition coefficient (Wildman–Crippen LogP) is 0.357. The fraction of sp³-hybridized carbons (Fsp3) is 0.714. The Labute approximate surface area is 61.7 Å². The Morgan fingerprint density at radius 1 is 1.70 bits per heavy atom. The van der Waals surface area contributed by atoms with E-state index in [0.717, 1.165) is 26.4 Å². The lowest BCUT2D eigenvalue weighted by molar-refractivity contribution is 0.129. The van der Waals surface area contributed by atoms with E-state index in [9.17, 15) is 0 Å². The molecular weight excluding hydrogens is 128 g/mol. The van der Waals surface area contributed by atoms with Gasteiger partial charge in [-0.1, -0.05) is 0 Å². The molecule has 1 rings (SSSR count). The first kappa shape index (κ1) is 7.41. The lowest BCUT2D eigenvalue weighted by atomic mass is 10.6. The Morgan fingerprint density at radius 3 is 3.20 bits per heavy atom. The van der Waals surface area contributed by atoms with E-state index in [0.29, 0.717) is 0 Å². The van der Waals surface area contributed by atoms with Crippen LogP contribution < -0.4 is 5.32 Å². The summed E-state index contributed by atoms with van der Waals surface area (Å²) in [5.74, 6) is 0. The van der Waals surface area contributed by atoms with Gasteiger partial charge in [0, 0.05) is 25.6 Å². The number of nitrogens with zero attached hydrogens (tertiary/aromatic N) is 1. The van der Waals surface area contributed by atoms with Gasteiger partial charge in [0.2, 0.25) is 0 Å². The predicted molar refractivity (Wildman–Crippen MR) is 40.3 cm³/mol. The van der Waals surface area contributed by atoms with Crippen LogP contribution in [0, 0.1) is 0 Å². The number of nitrogens with one attached hydrogen (secondary N) is 1. The van der Waals surface area contributed by atoms with Gasteiger partial charge in [-0.05, 0) is 6.92 Å². The molecule has 0 aromatic rings. The molecule has 0 atom stereocenters. The monoisotopic (exact) mass is 142 g/mol. The van der Waals surface area contributed by atoms with Gasteiger partial charge in [-0.25, -0.2) is 0 Å². The third-order valence-electron chi connectivity index (χ3n) is 1.42. The van der Waals surface area contributed by atoms with Gasteiger partial charge in [0.1, 0.15) is 0 Å². The smallest absolute Gasteiger partial charge is 0.0868 e. The highest BCUT2D eigenvalue weighted by Crippen LogP contribution is 1.92. The average molecular weight is 142 g/mol. The Morgan fingerprint density at radius 2 is 2.60 bits per heavy atom. The zero-order chi connectivity index (χ0) is 7.23. The first-order chi connectivity index (χ1) is 4.93. The third kappa shape index (κ3) is 2.27. The number of ether oxygens (including phenoxy) is 1. The minimum absolute atomic E-state index is 0.810. The van der Waals surface area contributed by atoms with Crippen LogP contribution in [0.5, 0.6) is 0 Å². The maximum atomic E-state index is 5.19. The summed E-state index contributed by atoms with van der Waals surface area (Å²) in [6, 6.07) is 0. The van der Waals surface area contributed by atoms with Crippen molar-refractivity contribution in [2.45, 2.75) is 6.92 Å². The summed E-state index contributed by atoms with van der Waals surface area (Å²) in [5.41, 5.74) is 0. The molecule has 1 N–H and O–H groups in total. The van der Waals surface area contributed by atoms with Gasteiger partial charge >= 0.3 is 0 Å². The van der Waals surface area contributed by atoms with Gasteiger partial charge in [-0.3, -0.25) is 0 Å². The Hall–Kier alpha value is -0.700. The zero-order valence-electron chi connectivity index (χ0n) is 6.34. The van der Waals surface area contributed by atoms with Crippen molar-refractivity contribution in [2.24, 2.45) is 0 Å². The number of hydrogen-bond donors (Lipinski definition) is 1. The van der Waals surface area contributed by atoms with Crippen LogP contribution in [-0.4, -0.2) is 31.3 Å². The van der Waals surface area contributed by atoms with E-state index >= 15 is 0 Å². The van der Waals surface area contributed by atoms with E-state index in [1.54, 1.807) is 0 Å². The molecule has 0 aromatic heterocycles. The quantitative estimate of drug-likeness (QED) is 0.573. The van der Waals surface area contributed by atoms with E-state index in [-0.39, 0.29) is 0 Å². The van der Waals surface area contributed by atoms with Crippen molar-refractivity contribution in [1.29, 1.82) is 0 Å². The Kier molecular flexibility index (Phi) is 3.09. The molecule has 10 heavy (non-hydrogen) atoms. The van der Waals surface area contributed by atoms with Gasteiger partial charge in [-0.15, -0.1) is 0 Å². The second-order valence-electron chi connectivity index (χ2n) is 2.19. The molecule has 0 fully saturated rings. The summed E-state index contributed by atoms with van der Waals surface area (Å²) >= 11 is 0. The molecule has 0 amide bonds. The highest BCUT2D eigenvalue weighted by Gasteiger charge is 2.00. The van der Waals surface area contributed by atoms with Crippen molar-refractivity contribution in [3.8, 4) is 0 Å². The average Bonchev–Trinajstić information content (AvgIpc) is 2.41. The van der Waals surface area contributed by atoms with Gasteiger partial charge < -0.3 is 15.0 Å². The summed E-state index contributed by atoms with van der Waals surface area (Å²) in [6.07, 6.45) is 3.99. The van der Waals surface area contributed by atoms with Crippen molar-refractivity contribution in [3.63, 3.8) is 0 Å². The molecule has 1 heterocycles. The lowest BCUT2D eigenvalue weighted by Gasteiger charge is -2.13. The fourth-order valence-corrected chi connectivity index (χ4v) is 0.861. The molecule has 0 radical (unpaired) electrons. The van der Waals surface area contributed by atoms with Crippen LogP contribution in [0.25, 0.3) is 0 Å². The summed E-state index contributed by atoms with van der Waals surface area (Å²) < 4.78 is 5.19. The second kappa shape index (κ2) is 4.17. The molecule has 0 bridgehead atoms. The highest BCUT2D eigenvalue weighted by atomic mass is 16.5. The summed E-state index contributed by atoms with van der Waals surface area (Å²) in [7, 11) is 0. The number of rotatable bonds is 4. The van der Waals surface area contributed by atoms with E-state index in [4.69, 9.17) is 4.74 Å². The minimum atomic E-state index is 0.810. The molecule has 1 aliphatic heterocycles. The van der Waals surface area contributed by atoms with E-state index < -0.39 is 0 Å². The molecule has 3 nitrogen and oxygen atoms in total. The van der Waals surface area contributed by atoms with Gasteiger partial charge in [-0.2, -0.15) is 0 Å². The highest BCUT2D eigenvalue weighted by molar-refractivity contribution is 4.86. The van der Waals surface area contributed by atoms with Gasteiger partial charge in [0.15, 0.2) is 0 Å². The maximum absolute atomic E-state index is 5.19. The van der Waals surface area contributed by atoms with Crippen molar-refractivity contribution >= 4 is 0 Å². The fourth-order valence-electron chi connectivity index (χ4n) is 0.861. The first-order valence-corrected chi connectivity index (χ1v) is 3.65. The standard InChI is InChI=1S/C7H14N2O/c1-2-10-6-5-9-4-3-8-7-9/h3-4,8H,2,5-7H2,1H3. The van der Waals surface area contributed by atoms with Crippen molar-refractivity contribution in [2.75, 3.05) is 26.4 Å². The van der Waals surface area contributed by atoms with E-state index in [2.05, 4.69) is 10.2 Å². The van der Waals surface area contributed by atoms with Crippen LogP contribution in [0.15, 0.2) is 12.4 Å². The summed E-state index contributed by atoms with van der Waals surface area (Å²) in [6.45, 7) is 5.55. The Bertz CT molecular complexity index is 114. The SMILES string of the molecule is CCOCCN1C=CNC1. The maximum Gasteiger partial charge on any atom is 0.0868 e. The van der Waals surface area contributed by atoms with Gasteiger partial charge in [0.05, 0.1) is 13.3 Å². The van der Waals surface area contributed by atoms with Crippen LogP contribution in [0.1, 0.15) is 6.92 Å². The molecule has 58 valence electrons. The molecule has 0 aromatic carbocycles. The number of hydrogen-bond acceptors (Lipinski definition) is 3. The molecule has 3 heteroatoms. The normalized spacial score (nSPS) is 15.9. The summed E-state index contributed by atoms with van der Waals surface area (Å²) in [4.78, 5) is 2.18. The van der Waals surface area contributed by atoms with Crippen LogP contribution in [-0.2, 0) is 4.74 Å². The van der Waals surface area contributed by atoms with E-state index in [1.807, 2.05) is 19.3 Å². The lowest BCUT2D eigenvalue weighted by Crippen LogP contribution is -2.24. The van der Waals surface area contributed by atoms with Crippen LogP contribution in [0.3, 0.4) is 0 Å².